The van der Waals surface area contributed by atoms with Crippen molar-refractivity contribution in [3.63, 3.8) is 0 Å². The lowest BCUT2D eigenvalue weighted by atomic mass is 10.1. The van der Waals surface area contributed by atoms with E-state index in [9.17, 15) is 4.79 Å². The summed E-state index contributed by atoms with van der Waals surface area (Å²) in [6.07, 6.45) is 5.89. The van der Waals surface area contributed by atoms with Gasteiger partial charge in [-0.2, -0.15) is 0 Å². The van der Waals surface area contributed by atoms with E-state index in [1.165, 1.54) is 0 Å². The van der Waals surface area contributed by atoms with Crippen LogP contribution in [-0.4, -0.2) is 10.4 Å². The smallest absolute Gasteiger partial charge is 0.244 e. The van der Waals surface area contributed by atoms with Gasteiger partial charge < -0.3 is 21.4 Å². The molecule has 2 aromatic heterocycles. The summed E-state index contributed by atoms with van der Waals surface area (Å²) in [7, 11) is 0. The van der Waals surface area contributed by atoms with Gasteiger partial charge in [0.05, 0.1) is 0 Å². The summed E-state index contributed by atoms with van der Waals surface area (Å²) >= 11 is 3.41. The fourth-order valence-electron chi connectivity index (χ4n) is 3.78. The molecule has 160 valence electrons. The lowest BCUT2D eigenvalue weighted by Gasteiger charge is -2.02. The van der Waals surface area contributed by atoms with Crippen molar-refractivity contribution in [2.75, 3.05) is 0 Å². The van der Waals surface area contributed by atoms with E-state index < -0.39 is 0 Å². The number of benzene rings is 3. The van der Waals surface area contributed by atoms with Crippen LogP contribution in [0.3, 0.4) is 0 Å². The minimum Gasteiger partial charge on any atom is -1.00 e. The molecule has 5 rings (SSSR count). The van der Waals surface area contributed by atoms with Crippen molar-refractivity contribution in [2.24, 2.45) is 0 Å². The van der Waals surface area contributed by atoms with Gasteiger partial charge >= 0.3 is 0 Å². The third-order valence-electron chi connectivity index (χ3n) is 5.31. The van der Waals surface area contributed by atoms with Crippen LogP contribution in [0.25, 0.3) is 22.3 Å². The van der Waals surface area contributed by atoms with E-state index in [1.807, 2.05) is 84.0 Å². The number of para-hydroxylation sites is 1. The van der Waals surface area contributed by atoms with Crippen LogP contribution in [-0.2, 0) is 13.1 Å². The van der Waals surface area contributed by atoms with Crippen LogP contribution in [0.2, 0.25) is 0 Å². The standard InChI is InChI=1S/C26H20BrN2O2.BrH/c27-21-12-10-19(11-13-21)24(30)17-29-15-14-28(18-29)16-23-22-8-4-5-9-25(22)31-26(23)20-6-2-1-3-7-20;/h1-15,18H,16-17H2;1H/q+1;/p-1. The maximum Gasteiger partial charge on any atom is 0.244 e. The van der Waals surface area contributed by atoms with E-state index in [0.717, 1.165) is 32.3 Å². The predicted octanol–water partition coefficient (Wildman–Crippen LogP) is 2.89. The molecule has 0 radical (unpaired) electrons. The zero-order valence-electron chi connectivity index (χ0n) is 17.1. The Morgan fingerprint density at radius 1 is 0.938 bits per heavy atom. The van der Waals surface area contributed by atoms with Gasteiger partial charge in [0.25, 0.3) is 0 Å². The van der Waals surface area contributed by atoms with Gasteiger partial charge in [-0.05, 0) is 18.2 Å². The molecule has 0 fully saturated rings. The van der Waals surface area contributed by atoms with Crippen molar-refractivity contribution in [1.82, 2.24) is 4.57 Å². The normalized spacial score (nSPS) is 10.8. The van der Waals surface area contributed by atoms with Crippen LogP contribution in [0.1, 0.15) is 15.9 Å². The number of nitrogens with zero attached hydrogens (tertiary/aromatic N) is 2. The van der Waals surface area contributed by atoms with Gasteiger partial charge in [-0.15, -0.1) is 0 Å². The number of carbonyl (C=O) groups is 1. The maximum absolute atomic E-state index is 12.6. The summed E-state index contributed by atoms with van der Waals surface area (Å²) < 4.78 is 11.2. The molecule has 0 amide bonds. The lowest BCUT2D eigenvalue weighted by Crippen LogP contribution is -3.00. The molecule has 0 atom stereocenters. The highest BCUT2D eigenvalue weighted by molar-refractivity contribution is 9.10. The first-order valence-corrected chi connectivity index (χ1v) is 10.9. The van der Waals surface area contributed by atoms with Crippen molar-refractivity contribution >= 4 is 32.7 Å². The number of imidazole rings is 1. The fourth-order valence-corrected chi connectivity index (χ4v) is 4.04. The van der Waals surface area contributed by atoms with E-state index in [1.54, 1.807) is 0 Å². The number of aromatic nitrogens is 2. The Hall–Kier alpha value is -2.96. The van der Waals surface area contributed by atoms with Gasteiger partial charge in [-0.25, -0.2) is 9.13 Å². The molecule has 0 saturated heterocycles. The molecule has 3 aromatic carbocycles. The number of hydrogen-bond acceptors (Lipinski definition) is 2. The van der Waals surface area contributed by atoms with Crippen LogP contribution >= 0.6 is 15.9 Å². The summed E-state index contributed by atoms with van der Waals surface area (Å²) in [6.45, 7) is 0.951. The third-order valence-corrected chi connectivity index (χ3v) is 5.84. The van der Waals surface area contributed by atoms with Crippen LogP contribution in [0.5, 0.6) is 0 Å². The number of halogens is 2. The molecule has 0 bridgehead atoms. The second-order valence-electron chi connectivity index (χ2n) is 7.46. The lowest BCUT2D eigenvalue weighted by molar-refractivity contribution is -0.687. The molecular weight excluding hydrogens is 532 g/mol. The quantitative estimate of drug-likeness (QED) is 0.240. The highest BCUT2D eigenvalue weighted by Crippen LogP contribution is 2.33. The van der Waals surface area contributed by atoms with Crippen molar-refractivity contribution in [3.8, 4) is 11.3 Å². The van der Waals surface area contributed by atoms with E-state index in [-0.39, 0.29) is 22.8 Å². The molecule has 6 heteroatoms. The Bertz CT molecular complexity index is 1360. The SMILES string of the molecule is O=C(Cn1cc[n+](Cc2c(-c3ccccc3)oc3ccccc23)c1)c1ccc(Br)cc1.[Br-]. The van der Waals surface area contributed by atoms with Gasteiger partial charge in [-0.3, -0.25) is 4.79 Å². The van der Waals surface area contributed by atoms with E-state index in [0.29, 0.717) is 18.7 Å². The Morgan fingerprint density at radius 3 is 2.44 bits per heavy atom. The molecular formula is C26H20Br2N2O2. The Morgan fingerprint density at radius 2 is 1.66 bits per heavy atom. The fraction of sp³-hybridized carbons (Fsp3) is 0.0769. The van der Waals surface area contributed by atoms with Gasteiger partial charge in [0.2, 0.25) is 12.1 Å². The molecule has 0 unspecified atom stereocenters. The maximum atomic E-state index is 12.6. The molecule has 0 aliphatic rings. The number of rotatable bonds is 6. The zero-order chi connectivity index (χ0) is 21.2. The second-order valence-corrected chi connectivity index (χ2v) is 8.38. The first kappa shape index (κ1) is 22.2. The average Bonchev–Trinajstić information content (AvgIpc) is 3.39. The first-order valence-electron chi connectivity index (χ1n) is 10.1. The topological polar surface area (TPSA) is 39.0 Å². The number of Topliss-reactive ketones (excluding diaryl/α,β-unsaturated/α-hetero) is 1. The molecule has 5 aromatic rings. The van der Waals surface area contributed by atoms with Crippen LogP contribution < -0.4 is 21.5 Å². The monoisotopic (exact) mass is 550 g/mol. The average molecular weight is 552 g/mol. The number of fused-ring (bicyclic) bond motifs is 1. The van der Waals surface area contributed by atoms with Gasteiger partial charge in [0, 0.05) is 26.5 Å². The molecule has 0 spiro atoms. The minimum absolute atomic E-state index is 0. The molecule has 32 heavy (non-hydrogen) atoms. The Balaban J connectivity index is 0.00000245. The zero-order valence-corrected chi connectivity index (χ0v) is 20.3. The molecule has 4 nitrogen and oxygen atoms in total. The van der Waals surface area contributed by atoms with Gasteiger partial charge in [-0.1, -0.05) is 76.6 Å². The molecule has 2 heterocycles. The van der Waals surface area contributed by atoms with Crippen LogP contribution in [0.15, 0.2) is 106 Å². The summed E-state index contributed by atoms with van der Waals surface area (Å²) in [5.74, 6) is 0.960. The van der Waals surface area contributed by atoms with Crippen molar-refractivity contribution in [3.05, 3.63) is 113 Å². The Kier molecular flexibility index (Phi) is 6.72. The first-order chi connectivity index (χ1) is 15.2. The van der Waals surface area contributed by atoms with Crippen molar-refractivity contribution < 1.29 is 30.8 Å². The molecule has 0 aliphatic heterocycles. The summed E-state index contributed by atoms with van der Waals surface area (Å²) in [4.78, 5) is 12.6. The number of carbonyl (C=O) groups excluding carboxylic acids is 1. The van der Waals surface area contributed by atoms with Crippen LogP contribution in [0, 0.1) is 0 Å². The minimum atomic E-state index is 0. The molecule has 0 N–H and O–H groups in total. The van der Waals surface area contributed by atoms with E-state index >= 15 is 0 Å². The number of furan rings is 1. The predicted molar refractivity (Wildman–Crippen MR) is 124 cm³/mol. The molecule has 0 saturated carbocycles. The molecule has 0 aliphatic carbocycles. The highest BCUT2D eigenvalue weighted by Gasteiger charge is 2.19. The Labute approximate surface area is 205 Å². The number of ketones is 1. The number of hydrogen-bond donors (Lipinski definition) is 0. The van der Waals surface area contributed by atoms with Crippen molar-refractivity contribution in [1.29, 1.82) is 0 Å². The van der Waals surface area contributed by atoms with Gasteiger partial charge in [0.1, 0.15) is 30.3 Å². The van der Waals surface area contributed by atoms with Crippen molar-refractivity contribution in [2.45, 2.75) is 13.1 Å². The summed E-state index contributed by atoms with van der Waals surface area (Å²) in [5.41, 5.74) is 3.76. The van der Waals surface area contributed by atoms with E-state index in [4.69, 9.17) is 4.42 Å². The summed E-state index contributed by atoms with van der Waals surface area (Å²) in [5, 5.41) is 1.10. The van der Waals surface area contributed by atoms with Gasteiger partial charge in [0.15, 0.2) is 6.54 Å². The second kappa shape index (κ2) is 9.67. The van der Waals surface area contributed by atoms with E-state index in [2.05, 4.69) is 38.7 Å². The highest BCUT2D eigenvalue weighted by atomic mass is 79.9. The van der Waals surface area contributed by atoms with Crippen LogP contribution in [0.4, 0.5) is 0 Å². The largest absolute Gasteiger partial charge is 1.00 e. The summed E-state index contributed by atoms with van der Waals surface area (Å²) in [6, 6.07) is 25.7. The third kappa shape index (κ3) is 4.61.